The van der Waals surface area contributed by atoms with E-state index in [9.17, 15) is 14.8 Å². The first-order chi connectivity index (χ1) is 14.1. The minimum absolute atomic E-state index is 0.0238. The zero-order valence-corrected chi connectivity index (χ0v) is 19.5. The summed E-state index contributed by atoms with van der Waals surface area (Å²) in [5.74, 6) is 0.638. The third-order valence-corrected chi connectivity index (χ3v) is 6.29. The molecule has 10 nitrogen and oxygen atoms in total. The molecule has 2 heterocycles. The fraction of sp³-hybridized carbons (Fsp3) is 0.579. The molecule has 2 aliphatic heterocycles. The van der Waals surface area contributed by atoms with Gasteiger partial charge >= 0.3 is 151 Å². The van der Waals surface area contributed by atoms with E-state index < -0.39 is 27.1 Å². The van der Waals surface area contributed by atoms with Gasteiger partial charge in [-0.1, -0.05) is 0 Å². The number of amides is 3. The van der Waals surface area contributed by atoms with Crippen LogP contribution in [0.2, 0.25) is 0 Å². The maximum atomic E-state index is 13.0. The van der Waals surface area contributed by atoms with E-state index >= 15 is 0 Å². The Balaban J connectivity index is 1.58. The van der Waals surface area contributed by atoms with Crippen molar-refractivity contribution in [1.29, 1.82) is 0 Å². The molecular weight excluding hydrogens is 507 g/mol. The Bertz CT molecular complexity index is 777. The van der Waals surface area contributed by atoms with Crippen molar-refractivity contribution in [2.75, 3.05) is 39.3 Å². The van der Waals surface area contributed by atoms with Gasteiger partial charge in [-0.15, -0.1) is 0 Å². The van der Waals surface area contributed by atoms with Crippen LogP contribution >= 0.6 is 0 Å². The SMILES string of the molecule is CC(C)(C)OC(=O)N1CCN(C(=O)N2CCOc3cc([I-]N([O-])O)ccc3C2)CC1. The van der Waals surface area contributed by atoms with Crippen LogP contribution in [-0.4, -0.2) is 80.4 Å². The molecule has 0 unspecified atom stereocenters. The third-order valence-electron chi connectivity index (χ3n) is 4.65. The molecule has 3 rings (SSSR count). The molecule has 168 valence electrons. The summed E-state index contributed by atoms with van der Waals surface area (Å²) >= 11 is -1.19. The van der Waals surface area contributed by atoms with Gasteiger partial charge in [-0.3, -0.25) is 0 Å². The molecule has 0 radical (unpaired) electrons. The molecule has 1 saturated heterocycles. The van der Waals surface area contributed by atoms with Gasteiger partial charge in [0.1, 0.15) is 5.60 Å². The summed E-state index contributed by atoms with van der Waals surface area (Å²) in [6.07, 6.45) is -0.357. The van der Waals surface area contributed by atoms with Crippen molar-refractivity contribution >= 4 is 12.1 Å². The second-order valence-electron chi connectivity index (χ2n) is 8.07. The normalized spacial score (nSPS) is 17.5. The van der Waals surface area contributed by atoms with E-state index in [0.29, 0.717) is 51.6 Å². The van der Waals surface area contributed by atoms with Crippen LogP contribution in [0.25, 0.3) is 0 Å². The summed E-state index contributed by atoms with van der Waals surface area (Å²) in [6, 6.07) is 5.29. The number of benzene rings is 1. The molecule has 30 heavy (non-hydrogen) atoms. The molecule has 0 aliphatic carbocycles. The van der Waals surface area contributed by atoms with Gasteiger partial charge in [-0.2, -0.15) is 0 Å². The van der Waals surface area contributed by atoms with Crippen molar-refractivity contribution < 1.29 is 45.7 Å². The molecule has 11 heteroatoms. The number of rotatable bonds is 2. The average Bonchev–Trinajstić information content (AvgIpc) is 2.88. The van der Waals surface area contributed by atoms with Crippen LogP contribution in [0.1, 0.15) is 26.3 Å². The second-order valence-corrected chi connectivity index (χ2v) is 10.6. The van der Waals surface area contributed by atoms with Crippen molar-refractivity contribution in [2.45, 2.75) is 32.9 Å². The van der Waals surface area contributed by atoms with Gasteiger partial charge in [0, 0.05) is 0 Å². The molecule has 0 atom stereocenters. The van der Waals surface area contributed by atoms with Gasteiger partial charge in [0.15, 0.2) is 0 Å². The van der Waals surface area contributed by atoms with Crippen LogP contribution in [0.5, 0.6) is 5.75 Å². The number of ether oxygens (including phenoxy) is 2. The molecule has 0 aromatic heterocycles. The molecular formula is C19H27IN4O6-2. The monoisotopic (exact) mass is 534 g/mol. The molecule has 0 saturated carbocycles. The van der Waals surface area contributed by atoms with Crippen LogP contribution in [0.15, 0.2) is 18.2 Å². The van der Waals surface area contributed by atoms with Gasteiger partial charge in [0.05, 0.1) is 0 Å². The molecule has 3 amide bonds. The van der Waals surface area contributed by atoms with Crippen molar-refractivity contribution in [1.82, 2.24) is 18.1 Å². The number of fused-ring (bicyclic) bond motifs is 1. The predicted molar refractivity (Wildman–Crippen MR) is 103 cm³/mol. The summed E-state index contributed by atoms with van der Waals surface area (Å²) in [5, 5.41) is 19.8. The molecule has 1 aromatic rings. The topological polar surface area (TPSA) is 109 Å². The molecule has 1 aromatic carbocycles. The van der Waals surface area contributed by atoms with Crippen LogP contribution in [0, 0.1) is 8.78 Å². The Morgan fingerprint density at radius 1 is 1.13 bits per heavy atom. The number of nitrogens with zero attached hydrogens (tertiary/aromatic N) is 4. The minimum atomic E-state index is -1.19. The maximum absolute atomic E-state index is 13.0. The summed E-state index contributed by atoms with van der Waals surface area (Å²) in [6.45, 7) is 8.43. The number of hydrogen-bond donors (Lipinski definition) is 1. The molecule has 0 bridgehead atoms. The number of halogens is 1. The Kier molecular flexibility index (Phi) is 7.26. The van der Waals surface area contributed by atoms with Crippen LogP contribution in [0.4, 0.5) is 9.59 Å². The van der Waals surface area contributed by atoms with Crippen molar-refractivity contribution in [2.24, 2.45) is 0 Å². The number of urea groups is 1. The zero-order valence-electron chi connectivity index (χ0n) is 17.3. The quantitative estimate of drug-likeness (QED) is 0.292. The summed E-state index contributed by atoms with van der Waals surface area (Å²) < 4.78 is 11.9. The van der Waals surface area contributed by atoms with Crippen molar-refractivity contribution in [3.8, 4) is 5.75 Å². The van der Waals surface area contributed by atoms with Gasteiger partial charge in [-0.25, -0.2) is 4.79 Å². The van der Waals surface area contributed by atoms with Crippen molar-refractivity contribution in [3.05, 3.63) is 32.5 Å². The number of carbonyl (C=O) groups excluding carboxylic acids is 2. The molecule has 2 aliphatic rings. The van der Waals surface area contributed by atoms with E-state index in [0.717, 1.165) is 9.13 Å². The molecule has 1 N–H and O–H groups in total. The van der Waals surface area contributed by atoms with Gasteiger partial charge in [0.25, 0.3) is 0 Å². The first-order valence-corrected chi connectivity index (χ1v) is 11.8. The first-order valence-electron chi connectivity index (χ1n) is 9.71. The number of piperazine rings is 1. The molecule has 1 fully saturated rings. The van der Waals surface area contributed by atoms with Gasteiger partial charge < -0.3 is 4.74 Å². The molecule has 0 spiro atoms. The van der Waals surface area contributed by atoms with E-state index in [2.05, 4.69) is 0 Å². The standard InChI is InChI=1S/C19H27IN4O6/c1-19(2,3)30-18(26)22-8-6-21(7-9-22)17(25)23-10-11-29-16-12-15(20-24(27)28)5-4-14(16)13-23/h4-5,12,27H,6-11,13H2,1-3H3/q-2. The number of hydrogen-bond acceptors (Lipinski definition) is 7. The Hall–Kier alpha value is -1.83. The summed E-state index contributed by atoms with van der Waals surface area (Å²) in [4.78, 5) is 30.3. The fourth-order valence-corrected chi connectivity index (χ4v) is 4.49. The van der Waals surface area contributed by atoms with E-state index in [1.165, 1.54) is 0 Å². The predicted octanol–water partition coefficient (Wildman–Crippen LogP) is -1.08. The third kappa shape index (κ3) is 6.09. The van der Waals surface area contributed by atoms with E-state index in [1.807, 2.05) is 26.8 Å². The first kappa shape index (κ1) is 22.8. The Morgan fingerprint density at radius 2 is 1.80 bits per heavy atom. The van der Waals surface area contributed by atoms with Crippen molar-refractivity contribution in [3.63, 3.8) is 0 Å². The summed E-state index contributed by atoms with van der Waals surface area (Å²) in [7, 11) is 0. The Morgan fingerprint density at radius 3 is 2.43 bits per heavy atom. The fourth-order valence-electron chi connectivity index (χ4n) is 3.25. The second kappa shape index (κ2) is 9.54. The van der Waals surface area contributed by atoms with E-state index in [1.54, 1.807) is 26.8 Å². The average molecular weight is 534 g/mol. The van der Waals surface area contributed by atoms with E-state index in [-0.39, 0.29) is 15.6 Å². The van der Waals surface area contributed by atoms with Gasteiger partial charge in [-0.05, 0) is 20.8 Å². The van der Waals surface area contributed by atoms with Crippen LogP contribution < -0.4 is 26.2 Å². The Labute approximate surface area is 186 Å². The van der Waals surface area contributed by atoms with Crippen LogP contribution in [-0.2, 0) is 11.3 Å². The van der Waals surface area contributed by atoms with Gasteiger partial charge in [0.2, 0.25) is 0 Å². The van der Waals surface area contributed by atoms with E-state index in [4.69, 9.17) is 14.7 Å². The zero-order chi connectivity index (χ0) is 21.9. The summed E-state index contributed by atoms with van der Waals surface area (Å²) in [5.41, 5.74) is 0.311. The number of carbonyl (C=O) groups is 2. The van der Waals surface area contributed by atoms with Crippen LogP contribution in [0.3, 0.4) is 0 Å².